The van der Waals surface area contributed by atoms with Gasteiger partial charge in [-0.3, -0.25) is 38.5 Å². The fourth-order valence-corrected chi connectivity index (χ4v) is 9.11. The van der Waals surface area contributed by atoms with E-state index in [9.17, 15) is 79.2 Å². The second kappa shape index (κ2) is 32.5. The van der Waals surface area contributed by atoms with Crippen LogP contribution >= 0.6 is 11.6 Å². The number of halogens is 2. The molecule has 4 aromatic rings. The molecule has 12 atom stereocenters. The summed E-state index contributed by atoms with van der Waals surface area (Å²) in [5.41, 5.74) is 8.35. The van der Waals surface area contributed by atoms with E-state index in [2.05, 4.69) is 10.3 Å². The van der Waals surface area contributed by atoms with Crippen molar-refractivity contribution >= 4 is 58.4 Å². The average molecular weight is 1210 g/mol. The van der Waals surface area contributed by atoms with Crippen LogP contribution in [0.15, 0.2) is 79.0 Å². The Labute approximate surface area is 493 Å². The second-order valence-corrected chi connectivity index (χ2v) is 21.4. The monoisotopic (exact) mass is 1210 g/mol. The van der Waals surface area contributed by atoms with E-state index in [1.165, 1.54) is 56.3 Å². The molecule has 0 spiro atoms. The number of Topliss-reactive ketones (excluding diaryl/α,β-unsaturated/α-hetero) is 5. The number of rotatable bonds is 33. The number of carbonyl (C=O) groups excluding carboxylic acids is 8. The van der Waals surface area contributed by atoms with Gasteiger partial charge in [-0.1, -0.05) is 61.0 Å². The van der Waals surface area contributed by atoms with Crippen molar-refractivity contribution in [3.8, 4) is 11.5 Å². The van der Waals surface area contributed by atoms with Gasteiger partial charge in [0.05, 0.1) is 19.3 Å². The molecule has 1 aliphatic rings. The van der Waals surface area contributed by atoms with E-state index in [1.54, 1.807) is 36.4 Å². The third kappa shape index (κ3) is 20.3. The lowest BCUT2D eigenvalue weighted by molar-refractivity contribution is -0.326. The minimum atomic E-state index is -2.38. The number of aliphatic hydroxyl groups is 8. The van der Waals surface area contributed by atoms with Crippen LogP contribution < -0.4 is 15.8 Å². The van der Waals surface area contributed by atoms with Crippen LogP contribution in [0.2, 0.25) is 5.02 Å². The Morgan fingerprint density at radius 3 is 2.12 bits per heavy atom. The van der Waals surface area contributed by atoms with E-state index in [0.717, 1.165) is 17.2 Å². The lowest BCUT2D eigenvalue weighted by Gasteiger charge is -2.42. The first-order valence-electron chi connectivity index (χ1n) is 27.2. The van der Waals surface area contributed by atoms with Gasteiger partial charge in [0.2, 0.25) is 11.8 Å². The number of aromatic nitrogens is 1. The van der Waals surface area contributed by atoms with Crippen LogP contribution in [0.5, 0.6) is 11.5 Å². The van der Waals surface area contributed by atoms with Crippen molar-refractivity contribution < 1.29 is 103 Å². The maximum Gasteiger partial charge on any atom is 0.409 e. The van der Waals surface area contributed by atoms with Crippen LogP contribution in [0.1, 0.15) is 84.3 Å². The highest BCUT2D eigenvalue weighted by molar-refractivity contribution is 6.31. The van der Waals surface area contributed by atoms with Crippen molar-refractivity contribution in [3.05, 3.63) is 123 Å². The number of hydrogen-bond acceptors (Lipinski definition) is 21. The van der Waals surface area contributed by atoms with Gasteiger partial charge in [-0.05, 0) is 66.3 Å². The van der Waals surface area contributed by atoms with Crippen molar-refractivity contribution in [1.29, 1.82) is 0 Å². The molecule has 0 bridgehead atoms. The van der Waals surface area contributed by atoms with E-state index in [1.807, 2.05) is 13.0 Å². The van der Waals surface area contributed by atoms with E-state index < -0.39 is 147 Å². The standard InChI is InChI=1S/C59H72ClFN4O20/c1-30-18-35(11-14-41(30)60)20-38(68)22-36-12-13-39(25-42(36)61)83-40-15-16-63-43(26-40)44(69)6-5-17-65(4)59(81)82-29-34-9-7-33(8-10-34)21-46(71)37(24-50(62)74)23-45(70)32(3)64-57(80)31(2)19-47(72)51(75)54(78)56(48(73)27-66)85-58-55(79)53(77)52(76)49(28-67)84-58/h7-16,18,25-26,31-32,37,48-49,51-56,58,66-67,73,75-79H,5-6,17,19-24,27-29H2,1-4H3,(H2,62,74)(H,64,80)/t31?,32?,37?,48-,49-,51+,52+,53+,54+,55-,56+,58+/m1/s1. The summed E-state index contributed by atoms with van der Waals surface area (Å²) >= 11 is 6.08. The first kappa shape index (κ1) is 68.8. The molecular formula is C59H72ClFN4O20. The SMILES string of the molecule is Cc1cc(CC(=O)Cc2ccc(Oc3ccnc(C(=O)CCCN(C)C(=O)OCc4ccc(CC(=O)C(CC(N)=O)CC(=O)C(C)NC(=O)C(C)CC(=O)[C@H](O)[C@H](O)[C@@H](O[C@@H]5O[C@H](CO)[C@H](O)[C@H](O)[C@H]5O)[C@H](O)CO)cc4)c3)cc2F)ccc1Cl. The van der Waals surface area contributed by atoms with Gasteiger partial charge in [0.25, 0.3) is 0 Å². The Morgan fingerprint density at radius 2 is 1.47 bits per heavy atom. The molecule has 24 nitrogen and oxygen atoms in total. The Balaban J connectivity index is 1.03. The average Bonchev–Trinajstić information content (AvgIpc) is 3.30. The smallest absolute Gasteiger partial charge is 0.409 e. The highest BCUT2D eigenvalue weighted by Gasteiger charge is 2.47. The van der Waals surface area contributed by atoms with Gasteiger partial charge in [-0.2, -0.15) is 0 Å². The van der Waals surface area contributed by atoms with Crippen LogP contribution in [0.4, 0.5) is 9.18 Å². The molecule has 1 saturated heterocycles. The number of hydrogen-bond donors (Lipinski definition) is 10. The summed E-state index contributed by atoms with van der Waals surface area (Å²) in [5.74, 6) is -7.36. The van der Waals surface area contributed by atoms with E-state index in [-0.39, 0.29) is 79.6 Å². The van der Waals surface area contributed by atoms with Crippen molar-refractivity contribution in [2.45, 2.75) is 140 Å². The fraction of sp³-hybridized carbons (Fsp3) is 0.475. The molecule has 3 aromatic carbocycles. The van der Waals surface area contributed by atoms with Gasteiger partial charge < -0.3 is 75.8 Å². The van der Waals surface area contributed by atoms with Crippen molar-refractivity contribution in [2.24, 2.45) is 17.6 Å². The number of amides is 3. The summed E-state index contributed by atoms with van der Waals surface area (Å²) in [6, 6.07) is 17.4. The highest BCUT2D eigenvalue weighted by Crippen LogP contribution is 2.28. The Bertz CT molecular complexity index is 2990. The minimum Gasteiger partial charge on any atom is -0.457 e. The molecule has 3 amide bonds. The summed E-state index contributed by atoms with van der Waals surface area (Å²) in [4.78, 5) is 109. The molecule has 1 aromatic heterocycles. The number of nitrogens with zero attached hydrogens (tertiary/aromatic N) is 2. The van der Waals surface area contributed by atoms with E-state index in [0.29, 0.717) is 16.1 Å². The lowest BCUT2D eigenvalue weighted by Crippen LogP contribution is -2.61. The lowest BCUT2D eigenvalue weighted by atomic mass is 9.88. The van der Waals surface area contributed by atoms with Crippen LogP contribution in [0.3, 0.4) is 0 Å². The molecule has 462 valence electrons. The topological polar surface area (TPSA) is 390 Å². The van der Waals surface area contributed by atoms with Gasteiger partial charge >= 0.3 is 6.09 Å². The van der Waals surface area contributed by atoms with Crippen LogP contribution in [-0.2, 0) is 68.8 Å². The van der Waals surface area contributed by atoms with Gasteiger partial charge in [0, 0.05) is 93.7 Å². The third-order valence-electron chi connectivity index (χ3n) is 14.1. The molecule has 3 unspecified atom stereocenters. The summed E-state index contributed by atoms with van der Waals surface area (Å²) in [6.45, 7) is 2.40. The molecule has 1 aliphatic heterocycles. The maximum atomic E-state index is 15.1. The molecule has 1 fully saturated rings. The first-order chi connectivity index (χ1) is 40.2. The molecule has 26 heteroatoms. The minimum absolute atomic E-state index is 0.0132. The van der Waals surface area contributed by atoms with Crippen molar-refractivity contribution in [2.75, 3.05) is 26.8 Å². The van der Waals surface area contributed by atoms with Crippen LogP contribution in [-0.4, -0.2) is 186 Å². The molecule has 0 radical (unpaired) electrons. The predicted octanol–water partition coefficient (Wildman–Crippen LogP) is 1.48. The largest absolute Gasteiger partial charge is 0.457 e. The zero-order chi connectivity index (χ0) is 62.8. The van der Waals surface area contributed by atoms with Crippen LogP contribution in [0.25, 0.3) is 0 Å². The van der Waals surface area contributed by atoms with Gasteiger partial charge in [-0.15, -0.1) is 0 Å². The number of benzene rings is 3. The van der Waals surface area contributed by atoms with E-state index in [4.69, 9.17) is 36.3 Å². The molecule has 0 saturated carbocycles. The summed E-state index contributed by atoms with van der Waals surface area (Å²) in [6.07, 6.45) is -19.0. The molecule has 85 heavy (non-hydrogen) atoms. The first-order valence-corrected chi connectivity index (χ1v) is 27.5. The number of aryl methyl sites for hydroxylation is 1. The Kier molecular flexibility index (Phi) is 26.3. The Morgan fingerprint density at radius 1 is 0.800 bits per heavy atom. The zero-order valence-electron chi connectivity index (χ0n) is 47.1. The number of ketones is 5. The number of carbonyl (C=O) groups is 8. The highest BCUT2D eigenvalue weighted by atomic mass is 35.5. The number of ether oxygens (including phenoxy) is 4. The molecule has 5 rings (SSSR count). The summed E-state index contributed by atoms with van der Waals surface area (Å²) in [5, 5.41) is 84.4. The third-order valence-corrected chi connectivity index (χ3v) is 14.5. The van der Waals surface area contributed by atoms with Crippen molar-refractivity contribution in [1.82, 2.24) is 15.2 Å². The molecule has 0 aliphatic carbocycles. The normalized spacial score (nSPS) is 19.2. The van der Waals surface area contributed by atoms with Gasteiger partial charge in [-0.25, -0.2) is 9.18 Å². The van der Waals surface area contributed by atoms with E-state index >= 15 is 4.39 Å². The molecule has 11 N–H and O–H groups in total. The maximum absolute atomic E-state index is 15.1. The second-order valence-electron chi connectivity index (χ2n) is 21.0. The zero-order valence-corrected chi connectivity index (χ0v) is 47.9. The quantitative estimate of drug-likeness (QED) is 0.0302. The summed E-state index contributed by atoms with van der Waals surface area (Å²) < 4.78 is 36.8. The number of primary amides is 1. The molecular weight excluding hydrogens is 1140 g/mol. The van der Waals surface area contributed by atoms with Gasteiger partial charge in [0.1, 0.15) is 90.0 Å². The fourth-order valence-electron chi connectivity index (χ4n) is 8.99. The van der Waals surface area contributed by atoms with Crippen LogP contribution in [0, 0.1) is 24.6 Å². The predicted molar refractivity (Wildman–Crippen MR) is 298 cm³/mol. The van der Waals surface area contributed by atoms with Crippen molar-refractivity contribution in [3.63, 3.8) is 0 Å². The van der Waals surface area contributed by atoms with Gasteiger partial charge in [0.15, 0.2) is 23.6 Å². The number of pyridine rings is 1. The number of nitrogens with one attached hydrogen (secondary N) is 1. The molecule has 2 heterocycles. The number of aliphatic hydroxyl groups excluding tert-OH is 8. The number of nitrogens with two attached hydrogens (primary N) is 1. The summed E-state index contributed by atoms with van der Waals surface area (Å²) in [7, 11) is 1.49. The Hall–Kier alpha value is -7.01.